The van der Waals surface area contributed by atoms with E-state index in [1.54, 1.807) is 19.2 Å². The third kappa shape index (κ3) is 4.03. The van der Waals surface area contributed by atoms with E-state index in [4.69, 9.17) is 10.6 Å². The van der Waals surface area contributed by atoms with Gasteiger partial charge in [-0.05, 0) is 63.8 Å². The molecule has 0 aromatic heterocycles. The van der Waals surface area contributed by atoms with Crippen molar-refractivity contribution in [2.45, 2.75) is 12.5 Å². The molecule has 0 heterocycles. The van der Waals surface area contributed by atoms with Gasteiger partial charge in [-0.25, -0.2) is 4.39 Å². The maximum atomic E-state index is 13.9. The molecule has 112 valence electrons. The van der Waals surface area contributed by atoms with Gasteiger partial charge in [-0.1, -0.05) is 22.0 Å². The molecular weight excluding hydrogens is 403 g/mol. The summed E-state index contributed by atoms with van der Waals surface area (Å²) >= 11 is 6.79. The Bertz CT molecular complexity index is 637. The Balaban J connectivity index is 2.27. The summed E-state index contributed by atoms with van der Waals surface area (Å²) in [6, 6.07) is 10.4. The first-order chi connectivity index (χ1) is 10.0. The number of nitrogens with one attached hydrogen (secondary N) is 1. The average molecular weight is 418 g/mol. The minimum atomic E-state index is -0.244. The lowest BCUT2D eigenvalue weighted by atomic mass is 9.99. The SMILES string of the molecule is COc1ccc(C(Cc2cc(Br)ccc2F)NN)cc1Br. The average Bonchev–Trinajstić information content (AvgIpc) is 2.48. The van der Waals surface area contributed by atoms with E-state index in [2.05, 4.69) is 37.3 Å². The quantitative estimate of drug-likeness (QED) is 0.568. The van der Waals surface area contributed by atoms with Gasteiger partial charge in [0.05, 0.1) is 17.6 Å². The van der Waals surface area contributed by atoms with Crippen LogP contribution in [0.2, 0.25) is 0 Å². The number of methoxy groups -OCH3 is 1. The number of hydrazine groups is 1. The normalized spacial score (nSPS) is 12.2. The van der Waals surface area contributed by atoms with Crippen molar-refractivity contribution in [2.75, 3.05) is 7.11 Å². The Hall–Kier alpha value is -0.950. The molecule has 0 aliphatic carbocycles. The van der Waals surface area contributed by atoms with Crippen molar-refractivity contribution in [1.29, 1.82) is 0 Å². The highest BCUT2D eigenvalue weighted by Gasteiger charge is 2.15. The van der Waals surface area contributed by atoms with Crippen LogP contribution in [-0.4, -0.2) is 7.11 Å². The molecule has 0 fully saturated rings. The number of ether oxygens (including phenoxy) is 1. The number of nitrogens with two attached hydrogens (primary N) is 1. The predicted molar refractivity (Wildman–Crippen MR) is 88.6 cm³/mol. The van der Waals surface area contributed by atoms with Crippen molar-refractivity contribution in [2.24, 2.45) is 5.84 Å². The molecule has 1 atom stereocenters. The van der Waals surface area contributed by atoms with Crippen molar-refractivity contribution in [3.63, 3.8) is 0 Å². The van der Waals surface area contributed by atoms with Crippen molar-refractivity contribution < 1.29 is 9.13 Å². The zero-order chi connectivity index (χ0) is 15.4. The van der Waals surface area contributed by atoms with E-state index in [1.807, 2.05) is 18.2 Å². The molecule has 3 N–H and O–H groups in total. The first-order valence-corrected chi connectivity index (χ1v) is 7.87. The first-order valence-electron chi connectivity index (χ1n) is 6.28. The fourth-order valence-electron chi connectivity index (χ4n) is 2.09. The van der Waals surface area contributed by atoms with Crippen LogP contribution in [0.5, 0.6) is 5.75 Å². The van der Waals surface area contributed by atoms with Gasteiger partial charge in [0, 0.05) is 4.47 Å². The molecule has 0 bridgehead atoms. The molecule has 0 saturated heterocycles. The number of hydrogen-bond acceptors (Lipinski definition) is 3. The minimum Gasteiger partial charge on any atom is -0.496 e. The topological polar surface area (TPSA) is 47.3 Å². The van der Waals surface area contributed by atoms with Gasteiger partial charge in [0.1, 0.15) is 11.6 Å². The third-order valence-electron chi connectivity index (χ3n) is 3.21. The van der Waals surface area contributed by atoms with Crippen LogP contribution in [0.1, 0.15) is 17.2 Å². The van der Waals surface area contributed by atoms with Gasteiger partial charge in [-0.2, -0.15) is 0 Å². The molecule has 2 aromatic rings. The minimum absolute atomic E-state index is 0.198. The summed E-state index contributed by atoms with van der Waals surface area (Å²) in [5.74, 6) is 6.13. The summed E-state index contributed by atoms with van der Waals surface area (Å²) in [6.07, 6.45) is 0.445. The fraction of sp³-hybridized carbons (Fsp3) is 0.200. The standard InChI is InChI=1S/C15H15Br2FN2O/c1-21-15-5-2-9(7-12(15)17)14(20-19)8-10-6-11(16)3-4-13(10)18/h2-7,14,20H,8,19H2,1H3. The highest BCUT2D eigenvalue weighted by atomic mass is 79.9. The monoisotopic (exact) mass is 416 g/mol. The molecule has 0 aliphatic heterocycles. The number of halogens is 3. The third-order valence-corrected chi connectivity index (χ3v) is 4.32. The van der Waals surface area contributed by atoms with Gasteiger partial charge >= 0.3 is 0 Å². The fourth-order valence-corrected chi connectivity index (χ4v) is 3.06. The summed E-state index contributed by atoms with van der Waals surface area (Å²) in [5.41, 5.74) is 4.28. The van der Waals surface area contributed by atoms with Crippen LogP contribution in [0, 0.1) is 5.82 Å². The Labute approximate surface area is 139 Å². The van der Waals surface area contributed by atoms with Gasteiger partial charge in [0.2, 0.25) is 0 Å². The molecule has 6 heteroatoms. The second kappa shape index (κ2) is 7.35. The Morgan fingerprint density at radius 2 is 2.00 bits per heavy atom. The summed E-state index contributed by atoms with van der Waals surface area (Å²) in [5, 5.41) is 0. The van der Waals surface area contributed by atoms with E-state index in [1.165, 1.54) is 6.07 Å². The number of rotatable bonds is 5. The van der Waals surface area contributed by atoms with E-state index >= 15 is 0 Å². The molecule has 1 unspecified atom stereocenters. The highest BCUT2D eigenvalue weighted by molar-refractivity contribution is 9.10. The van der Waals surface area contributed by atoms with Gasteiger partial charge in [-0.15, -0.1) is 0 Å². The van der Waals surface area contributed by atoms with E-state index in [0.717, 1.165) is 20.3 Å². The van der Waals surface area contributed by atoms with E-state index < -0.39 is 0 Å². The Morgan fingerprint density at radius 3 is 2.62 bits per heavy atom. The van der Waals surface area contributed by atoms with Crippen LogP contribution in [0.15, 0.2) is 45.3 Å². The maximum absolute atomic E-state index is 13.9. The second-order valence-corrected chi connectivity index (χ2v) is 6.32. The summed E-state index contributed by atoms with van der Waals surface area (Å²) in [4.78, 5) is 0. The molecule has 0 aliphatic rings. The summed E-state index contributed by atoms with van der Waals surface area (Å²) < 4.78 is 20.7. The lowest BCUT2D eigenvalue weighted by molar-refractivity contribution is 0.411. The van der Waals surface area contributed by atoms with Crippen LogP contribution in [-0.2, 0) is 6.42 Å². The van der Waals surface area contributed by atoms with Crippen LogP contribution >= 0.6 is 31.9 Å². The predicted octanol–water partition coefficient (Wildman–Crippen LogP) is 4.11. The smallest absolute Gasteiger partial charge is 0.133 e. The maximum Gasteiger partial charge on any atom is 0.133 e. The Morgan fingerprint density at radius 1 is 1.24 bits per heavy atom. The van der Waals surface area contributed by atoms with Crippen molar-refractivity contribution in [3.8, 4) is 5.75 Å². The van der Waals surface area contributed by atoms with Crippen LogP contribution in [0.25, 0.3) is 0 Å². The first kappa shape index (κ1) is 16.4. The van der Waals surface area contributed by atoms with Gasteiger partial charge in [0.25, 0.3) is 0 Å². The van der Waals surface area contributed by atoms with Crippen molar-refractivity contribution in [1.82, 2.24) is 5.43 Å². The van der Waals surface area contributed by atoms with Crippen LogP contribution in [0.4, 0.5) is 4.39 Å². The lowest BCUT2D eigenvalue weighted by Crippen LogP contribution is -2.29. The highest BCUT2D eigenvalue weighted by Crippen LogP contribution is 2.29. The van der Waals surface area contributed by atoms with Gasteiger partial charge in [-0.3, -0.25) is 11.3 Å². The molecule has 2 rings (SSSR count). The summed E-state index contributed by atoms with van der Waals surface area (Å²) in [7, 11) is 1.61. The molecule has 0 spiro atoms. The molecule has 3 nitrogen and oxygen atoms in total. The molecule has 0 radical (unpaired) electrons. The van der Waals surface area contributed by atoms with Gasteiger partial charge in [0.15, 0.2) is 0 Å². The molecule has 0 amide bonds. The van der Waals surface area contributed by atoms with E-state index in [9.17, 15) is 4.39 Å². The number of hydrogen-bond donors (Lipinski definition) is 2. The number of benzene rings is 2. The van der Waals surface area contributed by atoms with E-state index in [0.29, 0.717) is 12.0 Å². The van der Waals surface area contributed by atoms with Crippen LogP contribution < -0.4 is 16.0 Å². The van der Waals surface area contributed by atoms with Crippen LogP contribution in [0.3, 0.4) is 0 Å². The van der Waals surface area contributed by atoms with Gasteiger partial charge < -0.3 is 4.74 Å². The van der Waals surface area contributed by atoms with E-state index in [-0.39, 0.29) is 11.9 Å². The molecule has 21 heavy (non-hydrogen) atoms. The Kier molecular flexibility index (Phi) is 5.75. The zero-order valence-electron chi connectivity index (χ0n) is 11.4. The molecule has 0 saturated carbocycles. The van der Waals surface area contributed by atoms with Crippen molar-refractivity contribution >= 4 is 31.9 Å². The molecule has 2 aromatic carbocycles. The largest absolute Gasteiger partial charge is 0.496 e. The van der Waals surface area contributed by atoms with Crippen molar-refractivity contribution in [3.05, 3.63) is 62.3 Å². The molecular formula is C15H15Br2FN2O. The zero-order valence-corrected chi connectivity index (χ0v) is 14.5. The summed E-state index contributed by atoms with van der Waals surface area (Å²) in [6.45, 7) is 0. The second-order valence-electron chi connectivity index (χ2n) is 4.55. The lowest BCUT2D eigenvalue weighted by Gasteiger charge is -2.18.